The molecule has 0 heterocycles. The summed E-state index contributed by atoms with van der Waals surface area (Å²) in [7, 11) is 3.26. The molecule has 0 fully saturated rings. The number of rotatable bonds is 20. The van der Waals surface area contributed by atoms with Gasteiger partial charge in [-0.2, -0.15) is 0 Å². The van der Waals surface area contributed by atoms with Crippen molar-refractivity contribution < 1.29 is 33.7 Å². The number of carbonyl (C=O) groups is 3. The predicted octanol–water partition coefficient (Wildman–Crippen LogP) is 3.47. The third-order valence-electron chi connectivity index (χ3n) is 7.84. The zero-order chi connectivity index (χ0) is 32.0. The highest BCUT2D eigenvalue weighted by atomic mass is 16.5. The molecule has 0 saturated heterocycles. The molecule has 240 valence electrons. The minimum absolute atomic E-state index is 0.0724. The average Bonchev–Trinajstić information content (AvgIpc) is 2.91. The summed E-state index contributed by atoms with van der Waals surface area (Å²) in [5, 5.41) is 17.1. The molecule has 0 saturated carbocycles. The lowest BCUT2D eigenvalue weighted by Crippen LogP contribution is -2.48. The van der Waals surface area contributed by atoms with Crippen LogP contribution in [0.25, 0.3) is 0 Å². The lowest BCUT2D eigenvalue weighted by atomic mass is 9.80. The molecule has 10 heteroatoms. The zero-order valence-electron chi connectivity index (χ0n) is 27.1. The van der Waals surface area contributed by atoms with Crippen LogP contribution in [0.1, 0.15) is 73.3 Å². The summed E-state index contributed by atoms with van der Waals surface area (Å²) in [6, 6.07) is 5.34. The van der Waals surface area contributed by atoms with Gasteiger partial charge in [-0.15, -0.1) is 0 Å². The van der Waals surface area contributed by atoms with Crippen LogP contribution >= 0.6 is 0 Å². The molecule has 0 radical (unpaired) electrons. The monoisotopic (exact) mass is 593 g/mol. The van der Waals surface area contributed by atoms with Crippen molar-refractivity contribution in [1.29, 1.82) is 0 Å². The first-order chi connectivity index (χ1) is 19.6. The van der Waals surface area contributed by atoms with Gasteiger partial charge in [-0.25, -0.2) is 0 Å². The van der Waals surface area contributed by atoms with E-state index in [0.29, 0.717) is 37.6 Å². The van der Waals surface area contributed by atoms with Crippen LogP contribution in [0.5, 0.6) is 11.5 Å². The molecule has 0 aliphatic carbocycles. The number of methoxy groups -OCH3 is 2. The van der Waals surface area contributed by atoms with Crippen LogP contribution in [0.4, 0.5) is 0 Å². The third-order valence-corrected chi connectivity index (χ3v) is 7.84. The van der Waals surface area contributed by atoms with Gasteiger partial charge in [0, 0.05) is 39.5 Å². The van der Waals surface area contributed by atoms with Gasteiger partial charge in [0.1, 0.15) is 0 Å². The first-order valence-corrected chi connectivity index (χ1v) is 14.9. The fourth-order valence-corrected chi connectivity index (χ4v) is 4.77. The molecule has 1 aromatic carbocycles. The van der Waals surface area contributed by atoms with Crippen molar-refractivity contribution in [2.75, 3.05) is 34.0 Å². The number of nitrogens with one attached hydrogen (secondary N) is 2. The smallest absolute Gasteiger partial charge is 0.224 e. The molecule has 5 N–H and O–H groups in total. The van der Waals surface area contributed by atoms with Crippen LogP contribution in [0, 0.1) is 29.1 Å². The SMILES string of the molecule is COCCCOc1cc(C[C@@H](C[C@H](NC(C)=O)[C@@H](O)C[C@H](C(=O)NCC(C)(C)C(N)=O)C(C)C)C(C)C)ccc1OC. The Morgan fingerprint density at radius 3 is 2.19 bits per heavy atom. The van der Waals surface area contributed by atoms with Gasteiger partial charge in [0.15, 0.2) is 11.5 Å². The number of ether oxygens (including phenoxy) is 3. The molecule has 1 aromatic rings. The first-order valence-electron chi connectivity index (χ1n) is 14.9. The second-order valence-electron chi connectivity index (χ2n) is 12.6. The topological polar surface area (TPSA) is 149 Å². The Kier molecular flexibility index (Phi) is 15.9. The summed E-state index contributed by atoms with van der Waals surface area (Å²) >= 11 is 0. The number of benzene rings is 1. The largest absolute Gasteiger partial charge is 0.493 e. The Morgan fingerprint density at radius 1 is 1.00 bits per heavy atom. The molecule has 10 nitrogen and oxygen atoms in total. The molecular formula is C32H55N3O7. The number of primary amides is 1. The third kappa shape index (κ3) is 12.6. The lowest BCUT2D eigenvalue weighted by molar-refractivity contribution is -0.130. The molecule has 1 rings (SSSR count). The maximum Gasteiger partial charge on any atom is 0.224 e. The summed E-state index contributed by atoms with van der Waals surface area (Å²) in [6.07, 6.45) is 1.20. The van der Waals surface area contributed by atoms with E-state index in [1.807, 2.05) is 32.0 Å². The van der Waals surface area contributed by atoms with Gasteiger partial charge in [0.05, 0.1) is 31.3 Å². The predicted molar refractivity (Wildman–Crippen MR) is 164 cm³/mol. The van der Waals surface area contributed by atoms with E-state index >= 15 is 0 Å². The number of aliphatic hydroxyl groups excluding tert-OH is 1. The van der Waals surface area contributed by atoms with Crippen LogP contribution in [0.15, 0.2) is 18.2 Å². The summed E-state index contributed by atoms with van der Waals surface area (Å²) in [5.74, 6) is 0.0991. The first kappa shape index (κ1) is 37.2. The van der Waals surface area contributed by atoms with Crippen molar-refractivity contribution in [2.24, 2.45) is 34.8 Å². The quantitative estimate of drug-likeness (QED) is 0.169. The molecule has 0 aliphatic heterocycles. The van der Waals surface area contributed by atoms with E-state index in [1.54, 1.807) is 28.1 Å². The van der Waals surface area contributed by atoms with Crippen molar-refractivity contribution in [3.63, 3.8) is 0 Å². The molecule has 0 bridgehead atoms. The summed E-state index contributed by atoms with van der Waals surface area (Å²) in [5.41, 5.74) is 5.62. The second-order valence-corrected chi connectivity index (χ2v) is 12.6. The van der Waals surface area contributed by atoms with E-state index in [9.17, 15) is 19.5 Å². The summed E-state index contributed by atoms with van der Waals surface area (Å²) in [4.78, 5) is 37.0. The van der Waals surface area contributed by atoms with Crippen molar-refractivity contribution in [1.82, 2.24) is 10.6 Å². The second kappa shape index (κ2) is 18.0. The van der Waals surface area contributed by atoms with E-state index in [1.165, 1.54) is 6.92 Å². The molecule has 0 unspecified atom stereocenters. The Hall–Kier alpha value is -2.85. The number of hydrogen-bond acceptors (Lipinski definition) is 7. The van der Waals surface area contributed by atoms with Gasteiger partial charge >= 0.3 is 0 Å². The Balaban J connectivity index is 3.09. The molecule has 0 aliphatic rings. The molecule has 0 spiro atoms. The number of aliphatic hydroxyl groups is 1. The minimum atomic E-state index is -0.951. The standard InChI is InChI=1S/C32H55N3O7/c1-20(2)24(15-23-11-12-28(41-9)29(16-23)42-14-10-13-40-8)17-26(35-22(5)36)27(37)18-25(21(3)4)30(38)34-19-32(6,7)31(33)39/h11-12,16,20-21,24-27,37H,10,13-15,17-19H2,1-9H3,(H2,33,39)(H,34,38)(H,35,36)/t24-,25-,26-,27-/m0/s1. The van der Waals surface area contributed by atoms with Crippen molar-refractivity contribution >= 4 is 17.7 Å². The van der Waals surface area contributed by atoms with Crippen molar-refractivity contribution in [2.45, 2.75) is 86.3 Å². The Bertz CT molecular complexity index is 996. The van der Waals surface area contributed by atoms with Crippen molar-refractivity contribution in [3.8, 4) is 11.5 Å². The fourth-order valence-electron chi connectivity index (χ4n) is 4.77. The normalized spacial score (nSPS) is 14.7. The van der Waals surface area contributed by atoms with Crippen LogP contribution in [-0.4, -0.2) is 69.0 Å². The summed E-state index contributed by atoms with van der Waals surface area (Å²) < 4.78 is 16.5. The number of carbonyl (C=O) groups excluding carboxylic acids is 3. The number of amides is 3. The van der Waals surface area contributed by atoms with E-state index in [-0.39, 0.29) is 42.5 Å². The maximum absolute atomic E-state index is 13.1. The van der Waals surface area contributed by atoms with E-state index in [4.69, 9.17) is 19.9 Å². The molecule has 0 aromatic heterocycles. The summed E-state index contributed by atoms with van der Waals surface area (Å²) in [6.45, 7) is 14.1. The number of nitrogens with two attached hydrogens (primary N) is 1. The van der Waals surface area contributed by atoms with E-state index in [0.717, 1.165) is 12.0 Å². The molecule has 3 amide bonds. The van der Waals surface area contributed by atoms with Crippen LogP contribution in [0.2, 0.25) is 0 Å². The van der Waals surface area contributed by atoms with Crippen LogP contribution in [-0.2, 0) is 25.5 Å². The Morgan fingerprint density at radius 2 is 1.67 bits per heavy atom. The van der Waals surface area contributed by atoms with Crippen molar-refractivity contribution in [3.05, 3.63) is 23.8 Å². The molecule has 42 heavy (non-hydrogen) atoms. The molecule has 4 atom stereocenters. The van der Waals surface area contributed by atoms with Gasteiger partial charge in [0.25, 0.3) is 0 Å². The van der Waals surface area contributed by atoms with Gasteiger partial charge in [-0.1, -0.05) is 33.8 Å². The van der Waals surface area contributed by atoms with Gasteiger partial charge in [0.2, 0.25) is 17.7 Å². The van der Waals surface area contributed by atoms with Gasteiger partial charge in [-0.3, -0.25) is 14.4 Å². The van der Waals surface area contributed by atoms with Crippen LogP contribution < -0.4 is 25.8 Å². The number of hydrogen-bond donors (Lipinski definition) is 4. The maximum atomic E-state index is 13.1. The van der Waals surface area contributed by atoms with Crippen LogP contribution in [0.3, 0.4) is 0 Å². The average molecular weight is 594 g/mol. The van der Waals surface area contributed by atoms with Gasteiger partial charge in [-0.05, 0) is 68.6 Å². The fraction of sp³-hybridized carbons (Fsp3) is 0.719. The Labute approximate surface area is 252 Å². The minimum Gasteiger partial charge on any atom is -0.493 e. The van der Waals surface area contributed by atoms with E-state index < -0.39 is 29.4 Å². The highest BCUT2D eigenvalue weighted by Crippen LogP contribution is 2.32. The zero-order valence-corrected chi connectivity index (χ0v) is 27.1. The molecular weight excluding hydrogens is 538 g/mol. The van der Waals surface area contributed by atoms with Gasteiger partial charge < -0.3 is 35.7 Å². The highest BCUT2D eigenvalue weighted by molar-refractivity contribution is 5.83. The van der Waals surface area contributed by atoms with E-state index in [2.05, 4.69) is 24.5 Å². The highest BCUT2D eigenvalue weighted by Gasteiger charge is 2.33. The lowest BCUT2D eigenvalue weighted by Gasteiger charge is -2.33.